The summed E-state index contributed by atoms with van der Waals surface area (Å²) in [7, 11) is 2.14. The van der Waals surface area contributed by atoms with Crippen molar-refractivity contribution in [3.63, 3.8) is 0 Å². The fourth-order valence-electron chi connectivity index (χ4n) is 3.99. The van der Waals surface area contributed by atoms with Crippen LogP contribution in [-0.4, -0.2) is 43.7 Å². The molecule has 2 nitrogen and oxygen atoms in total. The summed E-state index contributed by atoms with van der Waals surface area (Å²) in [6.45, 7) is 3.62. The van der Waals surface area contributed by atoms with Gasteiger partial charge in [0.25, 0.3) is 0 Å². The lowest BCUT2D eigenvalue weighted by Gasteiger charge is -2.33. The van der Waals surface area contributed by atoms with Crippen molar-refractivity contribution in [2.24, 2.45) is 5.92 Å². The first kappa shape index (κ1) is 21.4. The third-order valence-electron chi connectivity index (χ3n) is 5.82. The maximum Gasteiger partial charge on any atom is 0.0461 e. The molecule has 1 heterocycles. The zero-order valence-electron chi connectivity index (χ0n) is 17.2. The maximum absolute atomic E-state index is 6.11. The zero-order valence-corrected chi connectivity index (χ0v) is 18.8. The highest BCUT2D eigenvalue weighted by Gasteiger charge is 2.19. The van der Waals surface area contributed by atoms with Gasteiger partial charge in [-0.05, 0) is 86.2 Å². The van der Waals surface area contributed by atoms with Crippen molar-refractivity contribution in [2.45, 2.75) is 32.1 Å². The predicted octanol–water partition coefficient (Wildman–Crippen LogP) is 5.91. The predicted molar refractivity (Wildman–Crippen MR) is 128 cm³/mol. The van der Waals surface area contributed by atoms with E-state index < -0.39 is 0 Å². The van der Waals surface area contributed by atoms with Gasteiger partial charge >= 0.3 is 0 Å². The van der Waals surface area contributed by atoms with E-state index in [1.54, 1.807) is 0 Å². The Balaban J connectivity index is 1.45. The molecule has 0 bridgehead atoms. The Labute approximate surface area is 178 Å². The Morgan fingerprint density at radius 3 is 2.64 bits per heavy atom. The van der Waals surface area contributed by atoms with Gasteiger partial charge in [-0.1, -0.05) is 41.7 Å². The highest BCUT2D eigenvalue weighted by atomic mass is 35.5. The molecule has 1 saturated heterocycles. The molecule has 0 saturated carbocycles. The van der Waals surface area contributed by atoms with Gasteiger partial charge in [-0.2, -0.15) is 0 Å². The number of nitrogens with zero attached hydrogens (tertiary/aromatic N) is 2. The van der Waals surface area contributed by atoms with Crippen molar-refractivity contribution >= 4 is 33.8 Å². The molecule has 1 fully saturated rings. The van der Waals surface area contributed by atoms with E-state index in [0.29, 0.717) is 0 Å². The van der Waals surface area contributed by atoms with E-state index in [1.165, 1.54) is 55.6 Å². The molecular formula is C24H33ClN2S. The van der Waals surface area contributed by atoms with Crippen molar-refractivity contribution in [3.8, 4) is 0 Å². The lowest BCUT2D eigenvalue weighted by Crippen LogP contribution is -2.36. The molecule has 0 aliphatic carbocycles. The van der Waals surface area contributed by atoms with Crippen LogP contribution in [0.1, 0.15) is 30.4 Å². The Kier molecular flexibility index (Phi) is 8.01. The standard InChI is InChI=1S/C24H33ClN2S/c1-26(28(2)3)24-13-11-20(12-14-24)9-10-22-7-5-16-27(19-22)17-15-21-6-4-8-23(25)18-21/h4,6,8,11-14,18,22H,2,5,7,9-10,15-17,19H2,1,3H3. The fourth-order valence-corrected chi connectivity index (χ4v) is 4.69. The second-order valence-corrected chi connectivity index (χ2v) is 10.2. The average molecular weight is 417 g/mol. The number of anilines is 1. The molecule has 0 spiro atoms. The SMILES string of the molecule is C=S(C)N(C)c1ccc(CCC2CCCN(CCc3cccc(Cl)c3)C2)cc1. The lowest BCUT2D eigenvalue weighted by molar-refractivity contribution is 0.170. The van der Waals surface area contributed by atoms with Crippen molar-refractivity contribution in [1.29, 1.82) is 0 Å². The molecule has 3 rings (SSSR count). The van der Waals surface area contributed by atoms with Gasteiger partial charge in [0.2, 0.25) is 0 Å². The minimum absolute atomic E-state index is 0.0235. The topological polar surface area (TPSA) is 6.48 Å². The van der Waals surface area contributed by atoms with Gasteiger partial charge in [0, 0.05) is 30.8 Å². The molecule has 0 radical (unpaired) electrons. The third-order valence-corrected chi connectivity index (χ3v) is 7.20. The van der Waals surface area contributed by atoms with Crippen LogP contribution in [-0.2, 0) is 12.8 Å². The van der Waals surface area contributed by atoms with E-state index in [2.05, 4.69) is 70.8 Å². The largest absolute Gasteiger partial charge is 0.326 e. The van der Waals surface area contributed by atoms with Crippen LogP contribution >= 0.6 is 22.3 Å². The molecule has 2 aromatic carbocycles. The highest BCUT2D eigenvalue weighted by molar-refractivity contribution is 8.14. The smallest absolute Gasteiger partial charge is 0.0461 e. The summed E-state index contributed by atoms with van der Waals surface area (Å²) in [6.07, 6.45) is 8.40. The van der Waals surface area contributed by atoms with Crippen LogP contribution < -0.4 is 4.31 Å². The molecule has 0 aromatic heterocycles. The van der Waals surface area contributed by atoms with Crippen LogP contribution in [0.15, 0.2) is 48.5 Å². The average Bonchev–Trinajstić information content (AvgIpc) is 2.71. The highest BCUT2D eigenvalue weighted by Crippen LogP contribution is 2.25. The number of likely N-dealkylation sites (tertiary alicyclic amines) is 1. The molecular weight excluding hydrogens is 384 g/mol. The van der Waals surface area contributed by atoms with Crippen LogP contribution in [0.3, 0.4) is 0 Å². The first-order valence-corrected chi connectivity index (χ1v) is 12.4. The third kappa shape index (κ3) is 6.37. The summed E-state index contributed by atoms with van der Waals surface area (Å²) in [5, 5.41) is 0.844. The Hall–Kier alpha value is -1.29. The van der Waals surface area contributed by atoms with Gasteiger partial charge < -0.3 is 9.21 Å². The molecule has 152 valence electrons. The molecule has 28 heavy (non-hydrogen) atoms. The van der Waals surface area contributed by atoms with Gasteiger partial charge in [0.1, 0.15) is 0 Å². The molecule has 2 aromatic rings. The Morgan fingerprint density at radius 1 is 1.14 bits per heavy atom. The number of piperidine rings is 1. The van der Waals surface area contributed by atoms with Gasteiger partial charge in [-0.15, -0.1) is 10.7 Å². The van der Waals surface area contributed by atoms with Crippen molar-refractivity contribution < 1.29 is 0 Å². The molecule has 0 amide bonds. The van der Waals surface area contributed by atoms with E-state index in [0.717, 1.165) is 23.9 Å². The van der Waals surface area contributed by atoms with Crippen LogP contribution in [0.25, 0.3) is 0 Å². The molecule has 1 aliphatic heterocycles. The molecule has 2 unspecified atom stereocenters. The minimum atomic E-state index is 0.0235. The van der Waals surface area contributed by atoms with Gasteiger partial charge in [0.15, 0.2) is 0 Å². The summed E-state index contributed by atoms with van der Waals surface area (Å²) in [5.41, 5.74) is 4.06. The number of aryl methyl sites for hydroxylation is 1. The summed E-state index contributed by atoms with van der Waals surface area (Å²) < 4.78 is 2.24. The summed E-state index contributed by atoms with van der Waals surface area (Å²) in [6, 6.07) is 17.3. The van der Waals surface area contributed by atoms with Crippen molar-refractivity contribution in [3.05, 3.63) is 64.7 Å². The fraction of sp³-hybridized carbons (Fsp3) is 0.458. The number of hydrogen-bond acceptors (Lipinski definition) is 2. The number of rotatable bonds is 8. The Bertz CT molecular complexity index is 774. The van der Waals surface area contributed by atoms with Gasteiger partial charge in [-0.25, -0.2) is 0 Å². The normalized spacial score (nSPS) is 18.8. The lowest BCUT2D eigenvalue weighted by atomic mass is 9.91. The zero-order chi connectivity index (χ0) is 19.9. The maximum atomic E-state index is 6.11. The van der Waals surface area contributed by atoms with Gasteiger partial charge in [0.05, 0.1) is 0 Å². The van der Waals surface area contributed by atoms with Crippen molar-refractivity contribution in [2.75, 3.05) is 37.2 Å². The quantitative estimate of drug-likeness (QED) is 0.493. The minimum Gasteiger partial charge on any atom is -0.326 e. The molecule has 0 N–H and O–H groups in total. The first-order chi connectivity index (χ1) is 13.5. The van der Waals surface area contributed by atoms with Gasteiger partial charge in [-0.3, -0.25) is 0 Å². The van der Waals surface area contributed by atoms with Crippen LogP contribution in [0.4, 0.5) is 5.69 Å². The van der Waals surface area contributed by atoms with Crippen LogP contribution in [0.2, 0.25) is 5.02 Å². The second kappa shape index (κ2) is 10.5. The monoisotopic (exact) mass is 416 g/mol. The molecule has 2 atom stereocenters. The van der Waals surface area contributed by atoms with E-state index in [9.17, 15) is 0 Å². The van der Waals surface area contributed by atoms with E-state index in [4.69, 9.17) is 11.6 Å². The summed E-state index contributed by atoms with van der Waals surface area (Å²) in [4.78, 5) is 2.64. The summed E-state index contributed by atoms with van der Waals surface area (Å²) in [5.74, 6) is 4.94. The molecule has 1 aliphatic rings. The van der Waals surface area contributed by atoms with E-state index in [-0.39, 0.29) is 10.7 Å². The Morgan fingerprint density at radius 2 is 1.93 bits per heavy atom. The van der Waals surface area contributed by atoms with E-state index in [1.807, 2.05) is 6.07 Å². The van der Waals surface area contributed by atoms with Crippen molar-refractivity contribution in [1.82, 2.24) is 4.90 Å². The number of benzene rings is 2. The molecule has 4 heteroatoms. The van der Waals surface area contributed by atoms with E-state index >= 15 is 0 Å². The summed E-state index contributed by atoms with van der Waals surface area (Å²) >= 11 is 6.11. The van der Waals surface area contributed by atoms with Crippen LogP contribution in [0.5, 0.6) is 0 Å². The first-order valence-electron chi connectivity index (χ1n) is 10.3. The van der Waals surface area contributed by atoms with Crippen LogP contribution in [0, 0.1) is 5.92 Å². The second-order valence-electron chi connectivity index (χ2n) is 7.99. The number of hydrogen-bond donors (Lipinski definition) is 0. The number of halogens is 1.